The minimum absolute atomic E-state index is 0.0408. The predicted octanol–water partition coefficient (Wildman–Crippen LogP) is 1.24. The van der Waals surface area contributed by atoms with E-state index in [-0.39, 0.29) is 24.5 Å². The Morgan fingerprint density at radius 3 is 2.95 bits per heavy atom. The SMILES string of the molecule is Cc1cc(C(=O)NCC2CN(C)C(=O)CO2)ccc1Cl. The van der Waals surface area contributed by atoms with Crippen molar-refractivity contribution in [1.29, 1.82) is 0 Å². The normalized spacial score (nSPS) is 19.1. The molecule has 0 saturated carbocycles. The number of nitrogens with zero attached hydrogens (tertiary/aromatic N) is 1. The number of amides is 2. The van der Waals surface area contributed by atoms with Gasteiger partial charge in [0.2, 0.25) is 5.91 Å². The Labute approximate surface area is 122 Å². The average molecular weight is 297 g/mol. The number of ether oxygens (including phenoxy) is 1. The highest BCUT2D eigenvalue weighted by atomic mass is 35.5. The van der Waals surface area contributed by atoms with Crippen LogP contribution in [-0.4, -0.2) is 49.6 Å². The van der Waals surface area contributed by atoms with Crippen LogP contribution in [0.25, 0.3) is 0 Å². The number of carbonyl (C=O) groups excluding carboxylic acids is 2. The van der Waals surface area contributed by atoms with Crippen LogP contribution in [0.5, 0.6) is 0 Å². The van der Waals surface area contributed by atoms with Gasteiger partial charge in [-0.3, -0.25) is 9.59 Å². The third kappa shape index (κ3) is 3.49. The lowest BCUT2D eigenvalue weighted by Gasteiger charge is -2.29. The first-order valence-corrected chi connectivity index (χ1v) is 6.75. The zero-order valence-electron chi connectivity index (χ0n) is 11.5. The summed E-state index contributed by atoms with van der Waals surface area (Å²) >= 11 is 5.92. The van der Waals surface area contributed by atoms with Gasteiger partial charge in [-0.1, -0.05) is 11.6 Å². The maximum atomic E-state index is 12.0. The van der Waals surface area contributed by atoms with Crippen LogP contribution in [0, 0.1) is 6.92 Å². The molecule has 2 rings (SSSR count). The van der Waals surface area contributed by atoms with Gasteiger partial charge in [0.1, 0.15) is 6.61 Å². The van der Waals surface area contributed by atoms with E-state index in [1.54, 1.807) is 30.1 Å². The largest absolute Gasteiger partial charge is 0.365 e. The van der Waals surface area contributed by atoms with Gasteiger partial charge < -0.3 is 15.0 Å². The molecule has 6 heteroatoms. The molecule has 1 saturated heterocycles. The fourth-order valence-corrected chi connectivity index (χ4v) is 2.09. The number of aryl methyl sites for hydroxylation is 1. The van der Waals surface area contributed by atoms with Crippen LogP contribution in [0.4, 0.5) is 0 Å². The smallest absolute Gasteiger partial charge is 0.251 e. The number of hydrogen-bond donors (Lipinski definition) is 1. The molecule has 1 N–H and O–H groups in total. The maximum absolute atomic E-state index is 12.0. The molecule has 1 aromatic carbocycles. The molecule has 1 heterocycles. The molecule has 0 bridgehead atoms. The van der Waals surface area contributed by atoms with Crippen LogP contribution >= 0.6 is 11.6 Å². The molecule has 0 spiro atoms. The van der Waals surface area contributed by atoms with Crippen molar-refractivity contribution >= 4 is 23.4 Å². The molecule has 1 unspecified atom stereocenters. The highest BCUT2D eigenvalue weighted by Crippen LogP contribution is 2.16. The van der Waals surface area contributed by atoms with Gasteiger partial charge in [0, 0.05) is 30.7 Å². The summed E-state index contributed by atoms with van der Waals surface area (Å²) < 4.78 is 5.36. The summed E-state index contributed by atoms with van der Waals surface area (Å²) in [6.45, 7) is 2.78. The van der Waals surface area contributed by atoms with E-state index in [1.807, 2.05) is 6.92 Å². The zero-order chi connectivity index (χ0) is 14.7. The lowest BCUT2D eigenvalue weighted by atomic mass is 10.1. The Morgan fingerprint density at radius 2 is 2.30 bits per heavy atom. The molecule has 20 heavy (non-hydrogen) atoms. The van der Waals surface area contributed by atoms with Crippen molar-refractivity contribution in [3.63, 3.8) is 0 Å². The fraction of sp³-hybridized carbons (Fsp3) is 0.429. The highest BCUT2D eigenvalue weighted by Gasteiger charge is 2.23. The fourth-order valence-electron chi connectivity index (χ4n) is 1.98. The first-order chi connectivity index (χ1) is 9.47. The zero-order valence-corrected chi connectivity index (χ0v) is 12.2. The van der Waals surface area contributed by atoms with Gasteiger partial charge in [-0.25, -0.2) is 0 Å². The molecule has 1 aliphatic rings. The number of benzene rings is 1. The Morgan fingerprint density at radius 1 is 1.55 bits per heavy atom. The summed E-state index contributed by atoms with van der Waals surface area (Å²) in [7, 11) is 1.72. The first kappa shape index (κ1) is 14.8. The van der Waals surface area contributed by atoms with E-state index in [2.05, 4.69) is 5.32 Å². The van der Waals surface area contributed by atoms with Crippen molar-refractivity contribution in [2.24, 2.45) is 0 Å². The molecule has 108 valence electrons. The lowest BCUT2D eigenvalue weighted by molar-refractivity contribution is -0.146. The van der Waals surface area contributed by atoms with Gasteiger partial charge >= 0.3 is 0 Å². The molecule has 0 aliphatic carbocycles. The molecular formula is C14H17ClN2O3. The summed E-state index contributed by atoms with van der Waals surface area (Å²) in [5, 5.41) is 3.44. The molecule has 0 radical (unpaired) electrons. The second-order valence-corrected chi connectivity index (χ2v) is 5.29. The van der Waals surface area contributed by atoms with Crippen LogP contribution in [0.1, 0.15) is 15.9 Å². The van der Waals surface area contributed by atoms with E-state index in [1.165, 1.54) is 0 Å². The molecule has 0 aromatic heterocycles. The van der Waals surface area contributed by atoms with E-state index in [9.17, 15) is 9.59 Å². The second-order valence-electron chi connectivity index (χ2n) is 4.88. The molecule has 1 aromatic rings. The summed E-state index contributed by atoms with van der Waals surface area (Å²) in [6, 6.07) is 5.13. The Balaban J connectivity index is 1.89. The summed E-state index contributed by atoms with van der Waals surface area (Å²) in [5.74, 6) is -0.214. The van der Waals surface area contributed by atoms with Gasteiger partial charge in [-0.2, -0.15) is 0 Å². The van der Waals surface area contributed by atoms with E-state index < -0.39 is 0 Å². The van der Waals surface area contributed by atoms with Crippen LogP contribution < -0.4 is 5.32 Å². The van der Waals surface area contributed by atoms with E-state index in [0.717, 1.165) is 5.56 Å². The number of nitrogens with one attached hydrogen (secondary N) is 1. The highest BCUT2D eigenvalue weighted by molar-refractivity contribution is 6.31. The van der Waals surface area contributed by atoms with Gasteiger partial charge in [0.05, 0.1) is 6.10 Å². The van der Waals surface area contributed by atoms with Crippen molar-refractivity contribution < 1.29 is 14.3 Å². The topological polar surface area (TPSA) is 58.6 Å². The van der Waals surface area contributed by atoms with Crippen LogP contribution in [0.3, 0.4) is 0 Å². The van der Waals surface area contributed by atoms with Gasteiger partial charge in [0.15, 0.2) is 0 Å². The van der Waals surface area contributed by atoms with E-state index in [0.29, 0.717) is 23.7 Å². The Kier molecular flexibility index (Phi) is 4.62. The number of likely N-dealkylation sites (N-methyl/N-ethyl adjacent to an activating group) is 1. The number of halogens is 1. The lowest BCUT2D eigenvalue weighted by Crippen LogP contribution is -2.48. The van der Waals surface area contributed by atoms with Crippen molar-refractivity contribution in [2.45, 2.75) is 13.0 Å². The molecular weight excluding hydrogens is 280 g/mol. The van der Waals surface area contributed by atoms with Crippen LogP contribution in [-0.2, 0) is 9.53 Å². The van der Waals surface area contributed by atoms with Crippen LogP contribution in [0.2, 0.25) is 5.02 Å². The Bertz CT molecular complexity index is 533. The second kappa shape index (κ2) is 6.24. The summed E-state index contributed by atoms with van der Waals surface area (Å²) in [5.41, 5.74) is 1.42. The van der Waals surface area contributed by atoms with Crippen molar-refractivity contribution in [3.05, 3.63) is 34.3 Å². The first-order valence-electron chi connectivity index (χ1n) is 6.37. The molecule has 1 atom stereocenters. The number of hydrogen-bond acceptors (Lipinski definition) is 3. The third-order valence-corrected chi connectivity index (χ3v) is 3.68. The molecule has 1 fully saturated rings. The summed E-state index contributed by atoms with van der Waals surface area (Å²) in [6.07, 6.45) is -0.171. The monoisotopic (exact) mass is 296 g/mol. The standard InChI is InChI=1S/C14H17ClN2O3/c1-9-5-10(3-4-12(9)15)14(19)16-6-11-7-17(2)13(18)8-20-11/h3-5,11H,6-8H2,1-2H3,(H,16,19). The summed E-state index contributed by atoms with van der Waals surface area (Å²) in [4.78, 5) is 24.9. The predicted molar refractivity (Wildman–Crippen MR) is 75.9 cm³/mol. The minimum Gasteiger partial charge on any atom is -0.365 e. The van der Waals surface area contributed by atoms with E-state index in [4.69, 9.17) is 16.3 Å². The third-order valence-electron chi connectivity index (χ3n) is 3.26. The Hall–Kier alpha value is -1.59. The van der Waals surface area contributed by atoms with Gasteiger partial charge in [-0.15, -0.1) is 0 Å². The average Bonchev–Trinajstić information content (AvgIpc) is 2.43. The van der Waals surface area contributed by atoms with Gasteiger partial charge in [0.25, 0.3) is 5.91 Å². The number of morpholine rings is 1. The molecule has 2 amide bonds. The quantitative estimate of drug-likeness (QED) is 0.913. The number of carbonyl (C=O) groups is 2. The van der Waals surface area contributed by atoms with Crippen molar-refractivity contribution in [3.8, 4) is 0 Å². The number of rotatable bonds is 3. The van der Waals surface area contributed by atoms with Crippen molar-refractivity contribution in [1.82, 2.24) is 10.2 Å². The van der Waals surface area contributed by atoms with Crippen LogP contribution in [0.15, 0.2) is 18.2 Å². The van der Waals surface area contributed by atoms with E-state index >= 15 is 0 Å². The maximum Gasteiger partial charge on any atom is 0.251 e. The van der Waals surface area contributed by atoms with Crippen molar-refractivity contribution in [2.75, 3.05) is 26.7 Å². The minimum atomic E-state index is -0.173. The molecule has 5 nitrogen and oxygen atoms in total. The van der Waals surface area contributed by atoms with Gasteiger partial charge in [-0.05, 0) is 30.7 Å². The molecule has 1 aliphatic heterocycles.